The highest BCUT2D eigenvalue weighted by Gasteiger charge is 2.32. The van der Waals surface area contributed by atoms with Crippen LogP contribution in [0.25, 0.3) is 16.7 Å². The van der Waals surface area contributed by atoms with Gasteiger partial charge in [-0.1, -0.05) is 24.3 Å². The Morgan fingerprint density at radius 3 is 2.59 bits per heavy atom. The van der Waals surface area contributed by atoms with Crippen LogP contribution in [0.1, 0.15) is 44.6 Å². The van der Waals surface area contributed by atoms with Gasteiger partial charge in [0.1, 0.15) is 11.6 Å². The molecule has 1 aliphatic carbocycles. The summed E-state index contributed by atoms with van der Waals surface area (Å²) in [5.41, 5.74) is 10.9. The van der Waals surface area contributed by atoms with Crippen LogP contribution in [0.2, 0.25) is 0 Å². The van der Waals surface area contributed by atoms with Crippen LogP contribution in [-0.4, -0.2) is 22.9 Å². The molecule has 0 unspecified atom stereocenters. The maximum absolute atomic E-state index is 14.2. The fourth-order valence-electron chi connectivity index (χ4n) is 3.58. The Balaban J connectivity index is 1.66. The second kappa shape index (κ2) is 8.28. The van der Waals surface area contributed by atoms with E-state index in [1.807, 2.05) is 38.1 Å². The molecule has 4 nitrogen and oxygen atoms in total. The highest BCUT2D eigenvalue weighted by atomic mass is 19.1. The second-order valence-corrected chi connectivity index (χ2v) is 7.38. The number of benzene rings is 2. The number of halogens is 1. The van der Waals surface area contributed by atoms with Crippen LogP contribution in [0.15, 0.2) is 42.5 Å². The SMILES string of the molecule is CC(C)Oc1ccc(F)c(-c2ccc([C@H]3C[C@@H](CC(=O)C=[N+]=[N-])C3)cc2)c1. The fourth-order valence-corrected chi connectivity index (χ4v) is 3.58. The average molecular weight is 366 g/mol. The van der Waals surface area contributed by atoms with Gasteiger partial charge in [-0.3, -0.25) is 4.79 Å². The molecule has 0 aromatic heterocycles. The number of rotatable bonds is 7. The van der Waals surface area contributed by atoms with Crippen LogP contribution in [0.3, 0.4) is 0 Å². The van der Waals surface area contributed by atoms with Gasteiger partial charge in [0.05, 0.1) is 6.10 Å². The van der Waals surface area contributed by atoms with Crippen molar-refractivity contribution in [2.24, 2.45) is 5.92 Å². The third-order valence-electron chi connectivity index (χ3n) is 4.93. The number of carbonyl (C=O) groups excluding carboxylic acids is 1. The minimum Gasteiger partial charge on any atom is -0.491 e. The summed E-state index contributed by atoms with van der Waals surface area (Å²) < 4.78 is 19.9. The van der Waals surface area contributed by atoms with Gasteiger partial charge in [0.25, 0.3) is 0 Å². The molecule has 1 aliphatic rings. The van der Waals surface area contributed by atoms with Gasteiger partial charge < -0.3 is 10.3 Å². The lowest BCUT2D eigenvalue weighted by Crippen LogP contribution is -2.24. The van der Waals surface area contributed by atoms with E-state index < -0.39 is 0 Å². The summed E-state index contributed by atoms with van der Waals surface area (Å²) in [6.45, 7) is 3.88. The molecule has 5 heteroatoms. The lowest BCUT2D eigenvalue weighted by molar-refractivity contribution is -0.117. The van der Waals surface area contributed by atoms with Crippen molar-refractivity contribution in [1.82, 2.24) is 0 Å². The smallest absolute Gasteiger partial charge is 0.323 e. The highest BCUT2D eigenvalue weighted by molar-refractivity contribution is 6.25. The van der Waals surface area contributed by atoms with Crippen LogP contribution >= 0.6 is 0 Å². The van der Waals surface area contributed by atoms with E-state index in [4.69, 9.17) is 10.3 Å². The molecule has 0 heterocycles. The van der Waals surface area contributed by atoms with E-state index in [0.29, 0.717) is 29.6 Å². The fraction of sp³-hybridized carbons (Fsp3) is 0.364. The van der Waals surface area contributed by atoms with Crippen LogP contribution in [0, 0.1) is 11.7 Å². The predicted molar refractivity (Wildman–Crippen MR) is 102 cm³/mol. The second-order valence-electron chi connectivity index (χ2n) is 7.38. The molecule has 1 fully saturated rings. The van der Waals surface area contributed by atoms with Crippen molar-refractivity contribution in [3.63, 3.8) is 0 Å². The Labute approximate surface area is 158 Å². The number of nitrogens with zero attached hydrogens (tertiary/aromatic N) is 2. The molecule has 0 bridgehead atoms. The van der Waals surface area contributed by atoms with Crippen molar-refractivity contribution in [2.75, 3.05) is 0 Å². The predicted octanol–water partition coefficient (Wildman–Crippen LogP) is 5.03. The standard InChI is InChI=1S/C22H23FN2O2/c1-14(2)27-20-7-8-22(23)21(12-20)17-5-3-16(4-6-17)18-9-15(10-18)11-19(26)13-25-24/h3-8,12-15,18H,9-11H2,1-2H3/t15-,18+. The van der Waals surface area contributed by atoms with Crippen molar-refractivity contribution in [3.8, 4) is 16.9 Å². The first kappa shape index (κ1) is 19.0. The lowest BCUT2D eigenvalue weighted by atomic mass is 9.69. The number of ether oxygens (including phenoxy) is 1. The molecular formula is C22H23FN2O2. The van der Waals surface area contributed by atoms with Gasteiger partial charge in [-0.2, -0.15) is 4.79 Å². The number of hydrogen-bond acceptors (Lipinski definition) is 2. The molecule has 0 spiro atoms. The van der Waals surface area contributed by atoms with Gasteiger partial charge in [0.15, 0.2) is 0 Å². The van der Waals surface area contributed by atoms with E-state index >= 15 is 0 Å². The van der Waals surface area contributed by atoms with Crippen molar-refractivity contribution in [3.05, 3.63) is 59.4 Å². The number of carbonyl (C=O) groups is 1. The topological polar surface area (TPSA) is 62.7 Å². The summed E-state index contributed by atoms with van der Waals surface area (Å²) in [5.74, 6) is 0.996. The quantitative estimate of drug-likeness (QED) is 0.392. The van der Waals surface area contributed by atoms with Gasteiger partial charge in [-0.25, -0.2) is 4.39 Å². The Kier molecular flexibility index (Phi) is 5.82. The summed E-state index contributed by atoms with van der Waals surface area (Å²) in [6, 6.07) is 12.7. The molecule has 140 valence electrons. The Bertz CT molecular complexity index is 864. The van der Waals surface area contributed by atoms with Crippen LogP contribution in [-0.2, 0) is 4.79 Å². The van der Waals surface area contributed by atoms with E-state index in [-0.39, 0.29) is 17.7 Å². The van der Waals surface area contributed by atoms with Crippen LogP contribution in [0.5, 0.6) is 5.75 Å². The number of hydrogen-bond donors (Lipinski definition) is 0. The van der Waals surface area contributed by atoms with Crippen molar-refractivity contribution >= 4 is 12.0 Å². The van der Waals surface area contributed by atoms with E-state index in [1.54, 1.807) is 12.1 Å². The van der Waals surface area contributed by atoms with Gasteiger partial charge >= 0.3 is 6.21 Å². The molecule has 0 aliphatic heterocycles. The molecule has 3 rings (SSSR count). The number of Topliss-reactive ketones (excluding diaryl/α,β-unsaturated/α-hetero) is 1. The molecule has 0 radical (unpaired) electrons. The van der Waals surface area contributed by atoms with Crippen molar-refractivity contribution in [2.45, 2.75) is 45.1 Å². The Morgan fingerprint density at radius 1 is 1.26 bits per heavy atom. The van der Waals surface area contributed by atoms with Gasteiger partial charge in [-0.15, -0.1) is 0 Å². The molecule has 27 heavy (non-hydrogen) atoms. The first-order chi connectivity index (χ1) is 13.0. The molecule has 2 aromatic rings. The Hall–Kier alpha value is -2.78. The monoisotopic (exact) mass is 366 g/mol. The Morgan fingerprint density at radius 2 is 1.96 bits per heavy atom. The van der Waals surface area contributed by atoms with Crippen molar-refractivity contribution < 1.29 is 18.7 Å². The summed E-state index contributed by atoms with van der Waals surface area (Å²) >= 11 is 0. The average Bonchev–Trinajstić information content (AvgIpc) is 2.59. The maximum atomic E-state index is 14.2. The summed E-state index contributed by atoms with van der Waals surface area (Å²) in [5, 5.41) is 0. The van der Waals surface area contributed by atoms with E-state index in [0.717, 1.165) is 24.6 Å². The van der Waals surface area contributed by atoms with Gasteiger partial charge in [0.2, 0.25) is 5.78 Å². The van der Waals surface area contributed by atoms with Gasteiger partial charge in [0, 0.05) is 12.0 Å². The zero-order valence-electron chi connectivity index (χ0n) is 15.6. The molecule has 0 amide bonds. The summed E-state index contributed by atoms with van der Waals surface area (Å²) in [6.07, 6.45) is 3.31. The zero-order valence-corrected chi connectivity index (χ0v) is 15.6. The minimum absolute atomic E-state index is 0.0350. The molecule has 0 atom stereocenters. The summed E-state index contributed by atoms with van der Waals surface area (Å²) in [4.78, 5) is 14.2. The molecule has 0 saturated heterocycles. The first-order valence-corrected chi connectivity index (χ1v) is 9.23. The lowest BCUT2D eigenvalue weighted by Gasteiger charge is -2.35. The van der Waals surface area contributed by atoms with Crippen molar-refractivity contribution in [1.29, 1.82) is 0 Å². The summed E-state index contributed by atoms with van der Waals surface area (Å²) in [7, 11) is 0. The van der Waals surface area contributed by atoms with Gasteiger partial charge in [-0.05, 0) is 67.9 Å². The first-order valence-electron chi connectivity index (χ1n) is 9.23. The molecular weight excluding hydrogens is 343 g/mol. The normalized spacial score (nSPS) is 18.5. The molecule has 1 saturated carbocycles. The maximum Gasteiger partial charge on any atom is 0.323 e. The third kappa shape index (κ3) is 4.69. The molecule has 2 aromatic carbocycles. The third-order valence-corrected chi connectivity index (χ3v) is 4.93. The largest absolute Gasteiger partial charge is 0.491 e. The number of ketones is 1. The van der Waals surface area contributed by atoms with E-state index in [2.05, 4.69) is 4.79 Å². The minimum atomic E-state index is -0.272. The molecule has 0 N–H and O–H groups in total. The van der Waals surface area contributed by atoms with E-state index in [1.165, 1.54) is 11.6 Å². The zero-order chi connectivity index (χ0) is 19.4. The van der Waals surface area contributed by atoms with Crippen LogP contribution in [0.4, 0.5) is 4.39 Å². The van der Waals surface area contributed by atoms with Crippen LogP contribution < -0.4 is 4.74 Å². The highest BCUT2D eigenvalue weighted by Crippen LogP contribution is 2.43. The van der Waals surface area contributed by atoms with E-state index in [9.17, 15) is 9.18 Å².